The molecule has 8 heteroatoms. The molecule has 4 rings (SSSR count). The lowest BCUT2D eigenvalue weighted by Gasteiger charge is -2.29. The molecule has 0 atom stereocenters. The molecule has 0 amide bonds. The third kappa shape index (κ3) is 3.18. The molecule has 26 heavy (non-hydrogen) atoms. The molecule has 1 aromatic carbocycles. The van der Waals surface area contributed by atoms with Crippen LogP contribution in [0.4, 0.5) is 11.5 Å². The van der Waals surface area contributed by atoms with Gasteiger partial charge in [-0.2, -0.15) is 4.98 Å². The number of hydrogen-bond donors (Lipinski definition) is 2. The number of benzene rings is 1. The Balaban J connectivity index is 1.57. The van der Waals surface area contributed by atoms with E-state index in [4.69, 9.17) is 4.74 Å². The maximum absolute atomic E-state index is 11.8. The zero-order valence-electron chi connectivity index (χ0n) is 14.1. The van der Waals surface area contributed by atoms with Gasteiger partial charge in [0.2, 0.25) is 0 Å². The highest BCUT2D eigenvalue weighted by Gasteiger charge is 2.12. The van der Waals surface area contributed by atoms with E-state index < -0.39 is 5.69 Å². The van der Waals surface area contributed by atoms with E-state index in [-0.39, 0.29) is 5.65 Å². The number of nitrogens with one attached hydrogen (secondary N) is 1. The Morgan fingerprint density at radius 2 is 2.04 bits per heavy atom. The number of pyridine rings is 1. The molecule has 0 unspecified atom stereocenters. The Hall–Kier alpha value is -3.13. The molecule has 2 N–H and O–H groups in total. The summed E-state index contributed by atoms with van der Waals surface area (Å²) in [5, 5.41) is 13.5. The Morgan fingerprint density at radius 1 is 1.19 bits per heavy atom. The van der Waals surface area contributed by atoms with Gasteiger partial charge in [0.1, 0.15) is 5.82 Å². The van der Waals surface area contributed by atoms with Gasteiger partial charge in [-0.05, 0) is 29.8 Å². The van der Waals surface area contributed by atoms with Crippen LogP contribution in [0.1, 0.15) is 5.56 Å². The molecule has 0 saturated carbocycles. The summed E-state index contributed by atoms with van der Waals surface area (Å²) in [4.78, 5) is 22.1. The predicted molar refractivity (Wildman–Crippen MR) is 97.8 cm³/mol. The number of aromatic nitrogens is 3. The second-order valence-electron chi connectivity index (χ2n) is 6.05. The first kappa shape index (κ1) is 16.3. The van der Waals surface area contributed by atoms with Crippen molar-refractivity contribution in [1.82, 2.24) is 14.7 Å². The number of fused-ring (bicyclic) bond motifs is 1. The molecule has 1 aliphatic heterocycles. The van der Waals surface area contributed by atoms with Gasteiger partial charge in [0.15, 0.2) is 5.65 Å². The van der Waals surface area contributed by atoms with E-state index in [1.165, 1.54) is 6.20 Å². The van der Waals surface area contributed by atoms with E-state index in [9.17, 15) is 10.0 Å². The molecule has 8 nitrogen and oxygen atoms in total. The summed E-state index contributed by atoms with van der Waals surface area (Å²) in [6.07, 6.45) is 1.52. The fourth-order valence-corrected chi connectivity index (χ4v) is 3.05. The van der Waals surface area contributed by atoms with Gasteiger partial charge in [0.05, 0.1) is 18.6 Å². The average Bonchev–Trinajstić information content (AvgIpc) is 2.70. The van der Waals surface area contributed by atoms with E-state index in [0.29, 0.717) is 22.5 Å². The van der Waals surface area contributed by atoms with Crippen LogP contribution < -0.4 is 15.9 Å². The first-order valence-electron chi connectivity index (χ1n) is 8.45. The van der Waals surface area contributed by atoms with Gasteiger partial charge >= 0.3 is 5.69 Å². The van der Waals surface area contributed by atoms with Crippen molar-refractivity contribution in [3.05, 3.63) is 58.6 Å². The van der Waals surface area contributed by atoms with Crippen LogP contribution in [0.3, 0.4) is 0 Å². The number of rotatable bonds is 4. The van der Waals surface area contributed by atoms with E-state index in [1.807, 2.05) is 12.1 Å². The van der Waals surface area contributed by atoms with Gasteiger partial charge < -0.3 is 20.2 Å². The molecule has 0 radical (unpaired) electrons. The van der Waals surface area contributed by atoms with Crippen LogP contribution in [-0.2, 0) is 11.3 Å². The highest BCUT2D eigenvalue weighted by atomic mass is 16.5. The Morgan fingerprint density at radius 3 is 2.88 bits per heavy atom. The van der Waals surface area contributed by atoms with Gasteiger partial charge in [-0.1, -0.05) is 12.1 Å². The standard InChI is InChI=1S/C18H19N5O3/c24-18-21-16(15-5-2-6-19-17(15)23(18)25)20-12-13-3-1-4-14(11-13)22-7-9-26-10-8-22/h1-6,11,25H,7-10,12H2,(H,20,21,24). The third-order valence-corrected chi connectivity index (χ3v) is 4.38. The molecular formula is C18H19N5O3. The molecule has 3 heterocycles. The second kappa shape index (κ2) is 7.01. The van der Waals surface area contributed by atoms with E-state index in [2.05, 4.69) is 32.3 Å². The summed E-state index contributed by atoms with van der Waals surface area (Å²) in [7, 11) is 0. The van der Waals surface area contributed by atoms with Crippen LogP contribution in [0.25, 0.3) is 11.0 Å². The molecule has 1 saturated heterocycles. The molecule has 0 aliphatic carbocycles. The SMILES string of the molecule is O=c1nc(NCc2cccc(N3CCOCC3)c2)c2cccnc2n1O. The van der Waals surface area contributed by atoms with Gasteiger partial charge in [-0.25, -0.2) is 9.78 Å². The largest absolute Gasteiger partial charge is 0.422 e. The summed E-state index contributed by atoms with van der Waals surface area (Å²) in [6.45, 7) is 3.74. The molecule has 1 fully saturated rings. The second-order valence-corrected chi connectivity index (χ2v) is 6.05. The zero-order valence-corrected chi connectivity index (χ0v) is 14.1. The highest BCUT2D eigenvalue weighted by molar-refractivity contribution is 5.86. The van der Waals surface area contributed by atoms with Crippen molar-refractivity contribution in [2.75, 3.05) is 36.5 Å². The van der Waals surface area contributed by atoms with Crippen molar-refractivity contribution in [2.24, 2.45) is 0 Å². The van der Waals surface area contributed by atoms with Crippen molar-refractivity contribution in [1.29, 1.82) is 0 Å². The summed E-state index contributed by atoms with van der Waals surface area (Å²) in [5.74, 6) is 0.403. The maximum atomic E-state index is 11.8. The molecule has 3 aromatic rings. The van der Waals surface area contributed by atoms with Crippen LogP contribution in [0.15, 0.2) is 47.4 Å². The Bertz CT molecular complexity index is 982. The lowest BCUT2D eigenvalue weighted by molar-refractivity contribution is 0.122. The van der Waals surface area contributed by atoms with Crippen molar-refractivity contribution < 1.29 is 9.94 Å². The molecular weight excluding hydrogens is 334 g/mol. The summed E-state index contributed by atoms with van der Waals surface area (Å²) >= 11 is 0. The molecule has 0 spiro atoms. The molecule has 1 aliphatic rings. The van der Waals surface area contributed by atoms with Crippen LogP contribution in [0.5, 0.6) is 0 Å². The fraction of sp³-hybridized carbons (Fsp3) is 0.278. The minimum absolute atomic E-state index is 0.178. The van der Waals surface area contributed by atoms with E-state index in [0.717, 1.165) is 37.6 Å². The Kier molecular flexibility index (Phi) is 4.40. The highest BCUT2D eigenvalue weighted by Crippen LogP contribution is 2.20. The predicted octanol–water partition coefficient (Wildman–Crippen LogP) is 1.48. The quantitative estimate of drug-likeness (QED) is 0.686. The van der Waals surface area contributed by atoms with Crippen molar-refractivity contribution in [3.8, 4) is 0 Å². The van der Waals surface area contributed by atoms with Crippen molar-refractivity contribution >= 4 is 22.5 Å². The monoisotopic (exact) mass is 353 g/mol. The van der Waals surface area contributed by atoms with Gasteiger partial charge in [-0.3, -0.25) is 0 Å². The minimum Gasteiger partial charge on any atom is -0.422 e. The summed E-state index contributed by atoms with van der Waals surface area (Å²) in [6, 6.07) is 11.7. The lowest BCUT2D eigenvalue weighted by Crippen LogP contribution is -2.36. The molecule has 2 aromatic heterocycles. The maximum Gasteiger partial charge on any atom is 0.384 e. The van der Waals surface area contributed by atoms with Gasteiger partial charge in [-0.15, -0.1) is 4.73 Å². The fourth-order valence-electron chi connectivity index (χ4n) is 3.05. The van der Waals surface area contributed by atoms with Crippen molar-refractivity contribution in [3.63, 3.8) is 0 Å². The van der Waals surface area contributed by atoms with Gasteiger partial charge in [0.25, 0.3) is 0 Å². The lowest BCUT2D eigenvalue weighted by atomic mass is 10.1. The first-order valence-corrected chi connectivity index (χ1v) is 8.45. The number of nitrogens with zero attached hydrogens (tertiary/aromatic N) is 4. The molecule has 0 bridgehead atoms. The summed E-state index contributed by atoms with van der Waals surface area (Å²) in [5.41, 5.74) is 1.64. The van der Waals surface area contributed by atoms with Crippen molar-refractivity contribution in [2.45, 2.75) is 6.54 Å². The van der Waals surface area contributed by atoms with E-state index in [1.54, 1.807) is 12.1 Å². The number of hydrogen-bond acceptors (Lipinski definition) is 7. The van der Waals surface area contributed by atoms with E-state index >= 15 is 0 Å². The number of morpholine rings is 1. The average molecular weight is 353 g/mol. The minimum atomic E-state index is -0.763. The smallest absolute Gasteiger partial charge is 0.384 e. The van der Waals surface area contributed by atoms with Crippen LogP contribution in [-0.4, -0.2) is 46.2 Å². The number of ether oxygens (including phenoxy) is 1. The van der Waals surface area contributed by atoms with Crippen LogP contribution >= 0.6 is 0 Å². The normalized spacial score (nSPS) is 14.5. The number of anilines is 2. The first-order chi connectivity index (χ1) is 12.7. The Labute approximate surface area is 149 Å². The van der Waals surface area contributed by atoms with Crippen LogP contribution in [0, 0.1) is 0 Å². The van der Waals surface area contributed by atoms with Gasteiger partial charge in [0, 0.05) is 31.5 Å². The topological polar surface area (TPSA) is 92.5 Å². The zero-order chi connectivity index (χ0) is 17.9. The van der Waals surface area contributed by atoms with Crippen LogP contribution in [0.2, 0.25) is 0 Å². The molecule has 134 valence electrons. The summed E-state index contributed by atoms with van der Waals surface area (Å²) < 4.78 is 5.86. The third-order valence-electron chi connectivity index (χ3n) is 4.38.